The van der Waals surface area contributed by atoms with Crippen LogP contribution in [0.2, 0.25) is 10.0 Å². The summed E-state index contributed by atoms with van der Waals surface area (Å²) in [7, 11) is 0. The Hall–Kier alpha value is -2.48. The highest BCUT2D eigenvalue weighted by Gasteiger charge is 2.10. The first-order chi connectivity index (χ1) is 12.0. The molecule has 0 radical (unpaired) electrons. The summed E-state index contributed by atoms with van der Waals surface area (Å²) in [5.41, 5.74) is 1.12. The lowest BCUT2D eigenvalue weighted by molar-refractivity contribution is -0.112. The van der Waals surface area contributed by atoms with Crippen LogP contribution in [0, 0.1) is 11.3 Å². The Labute approximate surface area is 156 Å². The van der Waals surface area contributed by atoms with Crippen LogP contribution in [0.5, 0.6) is 5.75 Å². The zero-order chi connectivity index (χ0) is 18.2. The van der Waals surface area contributed by atoms with Gasteiger partial charge in [-0.1, -0.05) is 42.3 Å². The molecule has 0 atom stereocenters. The number of hydrogen-bond acceptors (Lipinski definition) is 3. The maximum Gasteiger partial charge on any atom is 0.266 e. The molecule has 0 bridgehead atoms. The minimum absolute atomic E-state index is 0.0293. The summed E-state index contributed by atoms with van der Waals surface area (Å²) < 4.78 is 5.50. The zero-order valence-electron chi connectivity index (χ0n) is 13.6. The summed E-state index contributed by atoms with van der Waals surface area (Å²) in [4.78, 5) is 12.3. The first kappa shape index (κ1) is 18.9. The molecule has 0 aliphatic heterocycles. The number of benzene rings is 2. The molecule has 2 aromatic carbocycles. The van der Waals surface area contributed by atoms with Crippen molar-refractivity contribution in [3.05, 3.63) is 63.6 Å². The predicted molar refractivity (Wildman–Crippen MR) is 101 cm³/mol. The lowest BCUT2D eigenvalue weighted by atomic mass is 10.1. The molecule has 0 saturated carbocycles. The van der Waals surface area contributed by atoms with Gasteiger partial charge in [-0.15, -0.1) is 0 Å². The summed E-state index contributed by atoms with van der Waals surface area (Å²) in [6, 6.07) is 13.7. The van der Waals surface area contributed by atoms with Crippen molar-refractivity contribution in [2.75, 3.05) is 11.9 Å². The Bertz CT molecular complexity index is 804. The van der Waals surface area contributed by atoms with E-state index in [1.165, 1.54) is 6.08 Å². The van der Waals surface area contributed by atoms with E-state index in [0.717, 1.165) is 17.7 Å². The van der Waals surface area contributed by atoms with E-state index < -0.39 is 5.91 Å². The molecule has 4 nitrogen and oxygen atoms in total. The number of amides is 1. The molecule has 1 N–H and O–H groups in total. The van der Waals surface area contributed by atoms with Crippen molar-refractivity contribution in [2.24, 2.45) is 0 Å². The van der Waals surface area contributed by atoms with Crippen LogP contribution in [-0.2, 0) is 4.79 Å². The average molecular weight is 375 g/mol. The Balaban J connectivity index is 2.13. The first-order valence-electron chi connectivity index (χ1n) is 7.64. The molecule has 0 aliphatic rings. The van der Waals surface area contributed by atoms with E-state index in [0.29, 0.717) is 22.3 Å². The maximum atomic E-state index is 12.3. The first-order valence-corrected chi connectivity index (χ1v) is 8.39. The number of anilines is 1. The van der Waals surface area contributed by atoms with Crippen LogP contribution < -0.4 is 10.1 Å². The van der Waals surface area contributed by atoms with Gasteiger partial charge in [0.15, 0.2) is 0 Å². The Morgan fingerprint density at radius 1 is 1.20 bits per heavy atom. The fourth-order valence-electron chi connectivity index (χ4n) is 2.02. The van der Waals surface area contributed by atoms with Gasteiger partial charge in [-0.2, -0.15) is 5.26 Å². The monoisotopic (exact) mass is 374 g/mol. The molecular formula is C19H16Cl2N2O2. The summed E-state index contributed by atoms with van der Waals surface area (Å²) in [5, 5.41) is 12.7. The van der Waals surface area contributed by atoms with Gasteiger partial charge in [0.2, 0.25) is 0 Å². The highest BCUT2D eigenvalue weighted by Crippen LogP contribution is 2.23. The number of carbonyl (C=O) groups is 1. The normalized spacial score (nSPS) is 10.9. The number of nitrogens with one attached hydrogen (secondary N) is 1. The second kappa shape index (κ2) is 9.12. The number of ether oxygens (including phenoxy) is 1. The fourth-order valence-corrected chi connectivity index (χ4v) is 2.55. The molecule has 0 aliphatic carbocycles. The third-order valence-corrected chi connectivity index (χ3v) is 3.59. The van der Waals surface area contributed by atoms with E-state index >= 15 is 0 Å². The van der Waals surface area contributed by atoms with Gasteiger partial charge in [-0.3, -0.25) is 4.79 Å². The molecule has 2 rings (SSSR count). The Morgan fingerprint density at radius 3 is 2.40 bits per heavy atom. The van der Waals surface area contributed by atoms with Gasteiger partial charge in [0, 0.05) is 15.7 Å². The number of rotatable bonds is 6. The van der Waals surface area contributed by atoms with Crippen LogP contribution in [-0.4, -0.2) is 12.5 Å². The van der Waals surface area contributed by atoms with Crippen molar-refractivity contribution in [2.45, 2.75) is 13.3 Å². The number of nitriles is 1. The summed E-state index contributed by atoms with van der Waals surface area (Å²) in [6.45, 7) is 2.67. The molecule has 6 heteroatoms. The number of carbonyl (C=O) groups excluding carboxylic acids is 1. The van der Waals surface area contributed by atoms with E-state index in [2.05, 4.69) is 5.32 Å². The summed E-state index contributed by atoms with van der Waals surface area (Å²) in [6.07, 6.45) is 2.43. The smallest absolute Gasteiger partial charge is 0.266 e. The zero-order valence-corrected chi connectivity index (χ0v) is 15.1. The van der Waals surface area contributed by atoms with Crippen molar-refractivity contribution >= 4 is 40.9 Å². The van der Waals surface area contributed by atoms with Crippen LogP contribution in [0.25, 0.3) is 6.08 Å². The van der Waals surface area contributed by atoms with E-state index in [1.807, 2.05) is 13.0 Å². The van der Waals surface area contributed by atoms with Gasteiger partial charge >= 0.3 is 0 Å². The summed E-state index contributed by atoms with van der Waals surface area (Å²) >= 11 is 11.8. The lowest BCUT2D eigenvalue weighted by Crippen LogP contribution is -2.13. The molecular weight excluding hydrogens is 359 g/mol. The molecule has 0 saturated heterocycles. The standard InChI is InChI=1S/C19H16Cl2N2O2/c1-2-7-25-18-5-3-13(4-6-18)8-14(12-22)19(24)23-17-10-15(20)9-16(21)11-17/h3-6,8-11H,2,7H2,1H3,(H,23,24). The van der Waals surface area contributed by atoms with Crippen LogP contribution in [0.4, 0.5) is 5.69 Å². The molecule has 0 heterocycles. The van der Waals surface area contributed by atoms with E-state index in [9.17, 15) is 10.1 Å². The van der Waals surface area contributed by atoms with Crippen molar-refractivity contribution in [3.8, 4) is 11.8 Å². The van der Waals surface area contributed by atoms with Gasteiger partial charge in [0.1, 0.15) is 17.4 Å². The van der Waals surface area contributed by atoms with E-state index in [4.69, 9.17) is 27.9 Å². The number of halogens is 2. The number of hydrogen-bond donors (Lipinski definition) is 1. The third kappa shape index (κ3) is 5.82. The topological polar surface area (TPSA) is 62.1 Å². The van der Waals surface area contributed by atoms with Gasteiger partial charge in [-0.25, -0.2) is 0 Å². The minimum Gasteiger partial charge on any atom is -0.494 e. The second-order valence-electron chi connectivity index (χ2n) is 5.20. The molecule has 0 aromatic heterocycles. The molecule has 25 heavy (non-hydrogen) atoms. The molecule has 0 fully saturated rings. The van der Waals surface area contributed by atoms with Crippen LogP contribution in [0.15, 0.2) is 48.0 Å². The SMILES string of the molecule is CCCOc1ccc(C=C(C#N)C(=O)Nc2cc(Cl)cc(Cl)c2)cc1. The van der Waals surface area contributed by atoms with Gasteiger partial charge in [0.25, 0.3) is 5.91 Å². The van der Waals surface area contributed by atoms with Crippen LogP contribution in [0.1, 0.15) is 18.9 Å². The maximum absolute atomic E-state index is 12.3. The second-order valence-corrected chi connectivity index (χ2v) is 6.07. The molecule has 2 aromatic rings. The largest absolute Gasteiger partial charge is 0.494 e. The highest BCUT2D eigenvalue weighted by atomic mass is 35.5. The van der Waals surface area contributed by atoms with Gasteiger partial charge < -0.3 is 10.1 Å². The van der Waals surface area contributed by atoms with Crippen molar-refractivity contribution < 1.29 is 9.53 Å². The van der Waals surface area contributed by atoms with Crippen LogP contribution in [0.3, 0.4) is 0 Å². The van der Waals surface area contributed by atoms with Gasteiger partial charge in [-0.05, 0) is 48.4 Å². The highest BCUT2D eigenvalue weighted by molar-refractivity contribution is 6.35. The minimum atomic E-state index is -0.535. The molecule has 1 amide bonds. The fraction of sp³-hybridized carbons (Fsp3) is 0.158. The number of nitrogens with zero attached hydrogens (tertiary/aromatic N) is 1. The Kier molecular flexibility index (Phi) is 6.88. The van der Waals surface area contributed by atoms with E-state index in [-0.39, 0.29) is 5.57 Å². The van der Waals surface area contributed by atoms with Crippen molar-refractivity contribution in [3.63, 3.8) is 0 Å². The molecule has 128 valence electrons. The van der Waals surface area contributed by atoms with Gasteiger partial charge in [0.05, 0.1) is 6.61 Å². The third-order valence-electron chi connectivity index (χ3n) is 3.15. The summed E-state index contributed by atoms with van der Waals surface area (Å²) in [5.74, 6) is 0.211. The van der Waals surface area contributed by atoms with E-state index in [1.54, 1.807) is 42.5 Å². The van der Waals surface area contributed by atoms with Crippen molar-refractivity contribution in [1.82, 2.24) is 0 Å². The average Bonchev–Trinajstić information content (AvgIpc) is 2.57. The van der Waals surface area contributed by atoms with Crippen LogP contribution >= 0.6 is 23.2 Å². The predicted octanol–water partition coefficient (Wildman–Crippen LogP) is 5.33. The van der Waals surface area contributed by atoms with Crippen molar-refractivity contribution in [1.29, 1.82) is 5.26 Å². The molecule has 0 spiro atoms. The lowest BCUT2D eigenvalue weighted by Gasteiger charge is -2.06. The molecule has 0 unspecified atom stereocenters. The Morgan fingerprint density at radius 2 is 1.84 bits per heavy atom. The quantitative estimate of drug-likeness (QED) is 0.549.